The molecular formula is C23H29N9O2. The van der Waals surface area contributed by atoms with Crippen molar-refractivity contribution in [3.63, 3.8) is 0 Å². The molecule has 11 heteroatoms. The van der Waals surface area contributed by atoms with Crippen molar-refractivity contribution in [1.29, 1.82) is 0 Å². The molecule has 11 nitrogen and oxygen atoms in total. The van der Waals surface area contributed by atoms with E-state index in [1.165, 1.54) is 0 Å². The second-order valence-electron chi connectivity index (χ2n) is 9.06. The highest BCUT2D eigenvalue weighted by molar-refractivity contribution is 5.88. The standard InChI is InChI=1S/C23H29N9O2/c1-15-8-18(27-19-10-16(2)29-30-19)28-21(9-15)31-13-23(34,14-31)22(33)25-12-17-4-5-20(24-11-17)32-7-3-6-26-32/h3-9,11,16,19,29-30,34H,10,12-14H2,1-2H3,(H,25,33)(H,27,28). The fourth-order valence-electron chi connectivity index (χ4n) is 4.17. The molecule has 2 unspecified atom stereocenters. The molecule has 34 heavy (non-hydrogen) atoms. The Morgan fingerprint density at radius 1 is 1.26 bits per heavy atom. The highest BCUT2D eigenvalue weighted by Gasteiger charge is 2.48. The summed E-state index contributed by atoms with van der Waals surface area (Å²) >= 11 is 0. The molecule has 2 saturated heterocycles. The molecule has 0 saturated carbocycles. The molecule has 0 aromatic carbocycles. The van der Waals surface area contributed by atoms with Gasteiger partial charge < -0.3 is 20.6 Å². The molecule has 2 aliphatic rings. The number of hydrogen-bond donors (Lipinski definition) is 5. The van der Waals surface area contributed by atoms with Crippen LogP contribution in [0.4, 0.5) is 11.6 Å². The number of β-amino-alcohol motifs (C(OH)–C–C–N with tert-alkyl or cyclic N) is 1. The van der Waals surface area contributed by atoms with Gasteiger partial charge in [-0.15, -0.1) is 0 Å². The van der Waals surface area contributed by atoms with Gasteiger partial charge in [0.05, 0.1) is 19.3 Å². The Bertz CT molecular complexity index is 1140. The number of nitrogens with zero attached hydrogens (tertiary/aromatic N) is 5. The smallest absolute Gasteiger partial charge is 0.255 e. The normalized spacial score (nSPS) is 21.2. The monoisotopic (exact) mass is 463 g/mol. The molecule has 0 radical (unpaired) electrons. The molecule has 2 atom stereocenters. The van der Waals surface area contributed by atoms with Crippen molar-refractivity contribution >= 4 is 17.5 Å². The number of nitrogens with one attached hydrogen (secondary N) is 4. The van der Waals surface area contributed by atoms with Crippen molar-refractivity contribution in [2.24, 2.45) is 0 Å². The molecule has 3 aromatic rings. The lowest BCUT2D eigenvalue weighted by molar-refractivity contribution is -0.142. The van der Waals surface area contributed by atoms with Crippen molar-refractivity contribution in [2.75, 3.05) is 23.3 Å². The summed E-state index contributed by atoms with van der Waals surface area (Å²) in [6, 6.07) is 9.86. The molecule has 5 rings (SSSR count). The lowest BCUT2D eigenvalue weighted by Crippen LogP contribution is -2.69. The van der Waals surface area contributed by atoms with E-state index in [1.807, 2.05) is 48.4 Å². The van der Waals surface area contributed by atoms with Gasteiger partial charge in [-0.2, -0.15) is 5.10 Å². The first-order valence-corrected chi connectivity index (χ1v) is 11.3. The number of carbonyl (C=O) groups excluding carboxylic acids is 1. The van der Waals surface area contributed by atoms with Crippen LogP contribution < -0.4 is 26.4 Å². The van der Waals surface area contributed by atoms with Gasteiger partial charge in [-0.25, -0.2) is 20.1 Å². The van der Waals surface area contributed by atoms with Crippen LogP contribution in [0.2, 0.25) is 0 Å². The minimum atomic E-state index is -1.45. The Morgan fingerprint density at radius 2 is 2.12 bits per heavy atom. The van der Waals surface area contributed by atoms with Gasteiger partial charge in [0.25, 0.3) is 5.91 Å². The quantitative estimate of drug-likeness (QED) is 0.339. The fourth-order valence-corrected chi connectivity index (χ4v) is 4.17. The van der Waals surface area contributed by atoms with Crippen LogP contribution in [0.3, 0.4) is 0 Å². The number of anilines is 2. The predicted molar refractivity (Wildman–Crippen MR) is 127 cm³/mol. The van der Waals surface area contributed by atoms with Crippen molar-refractivity contribution in [1.82, 2.24) is 35.9 Å². The van der Waals surface area contributed by atoms with Crippen LogP contribution in [0.15, 0.2) is 48.9 Å². The van der Waals surface area contributed by atoms with E-state index < -0.39 is 11.5 Å². The van der Waals surface area contributed by atoms with Crippen molar-refractivity contribution in [3.8, 4) is 5.82 Å². The summed E-state index contributed by atoms with van der Waals surface area (Å²) < 4.78 is 1.66. The van der Waals surface area contributed by atoms with Gasteiger partial charge in [0.15, 0.2) is 11.4 Å². The van der Waals surface area contributed by atoms with E-state index in [1.54, 1.807) is 17.1 Å². The van der Waals surface area contributed by atoms with E-state index >= 15 is 0 Å². The summed E-state index contributed by atoms with van der Waals surface area (Å²) in [4.78, 5) is 23.6. The third kappa shape index (κ3) is 4.72. The molecule has 2 fully saturated rings. The maximum Gasteiger partial charge on any atom is 0.255 e. The Hall–Kier alpha value is -3.54. The first-order chi connectivity index (χ1) is 16.4. The Labute approximate surface area is 197 Å². The Kier molecular flexibility index (Phi) is 5.90. The fraction of sp³-hybridized carbons (Fsp3) is 0.391. The van der Waals surface area contributed by atoms with Gasteiger partial charge >= 0.3 is 0 Å². The molecule has 0 aliphatic carbocycles. The molecule has 5 heterocycles. The second kappa shape index (κ2) is 9.01. The van der Waals surface area contributed by atoms with E-state index in [2.05, 4.69) is 43.5 Å². The minimum Gasteiger partial charge on any atom is -0.377 e. The maximum absolute atomic E-state index is 12.7. The van der Waals surface area contributed by atoms with Crippen LogP contribution in [-0.4, -0.2) is 61.7 Å². The third-order valence-electron chi connectivity index (χ3n) is 6.02. The molecule has 5 N–H and O–H groups in total. The highest BCUT2D eigenvalue weighted by atomic mass is 16.3. The zero-order valence-electron chi connectivity index (χ0n) is 19.2. The van der Waals surface area contributed by atoms with Gasteiger partial charge in [-0.05, 0) is 55.7 Å². The summed E-state index contributed by atoms with van der Waals surface area (Å²) in [5.74, 6) is 1.79. The number of aromatic nitrogens is 4. The summed E-state index contributed by atoms with van der Waals surface area (Å²) in [5.41, 5.74) is 6.82. The largest absolute Gasteiger partial charge is 0.377 e. The molecule has 0 bridgehead atoms. The maximum atomic E-state index is 12.7. The topological polar surface area (TPSA) is 132 Å². The van der Waals surface area contributed by atoms with Gasteiger partial charge in [0, 0.05) is 31.2 Å². The zero-order valence-corrected chi connectivity index (χ0v) is 19.2. The number of amides is 1. The number of rotatable bonds is 7. The number of hydrazine groups is 1. The second-order valence-corrected chi connectivity index (χ2v) is 9.06. The summed E-state index contributed by atoms with van der Waals surface area (Å²) in [6.45, 7) is 4.77. The van der Waals surface area contributed by atoms with Crippen LogP contribution in [0.1, 0.15) is 24.5 Å². The molecule has 1 amide bonds. The molecule has 0 spiro atoms. The average molecular weight is 464 g/mol. The molecule has 178 valence electrons. The number of carbonyl (C=O) groups is 1. The van der Waals surface area contributed by atoms with Gasteiger partial charge in [-0.1, -0.05) is 6.07 Å². The Morgan fingerprint density at radius 3 is 2.79 bits per heavy atom. The zero-order chi connectivity index (χ0) is 23.7. The lowest BCUT2D eigenvalue weighted by Gasteiger charge is -2.45. The van der Waals surface area contributed by atoms with Gasteiger partial charge in [-0.3, -0.25) is 10.2 Å². The summed E-state index contributed by atoms with van der Waals surface area (Å²) in [5, 5.41) is 21.2. The lowest BCUT2D eigenvalue weighted by atomic mass is 9.93. The molecule has 3 aromatic heterocycles. The van der Waals surface area contributed by atoms with E-state index in [9.17, 15) is 9.90 Å². The van der Waals surface area contributed by atoms with E-state index in [-0.39, 0.29) is 25.8 Å². The Balaban J connectivity index is 1.15. The number of pyridine rings is 2. The predicted octanol–water partition coefficient (Wildman–Crippen LogP) is 0.463. The van der Waals surface area contributed by atoms with Crippen LogP contribution in [-0.2, 0) is 11.3 Å². The van der Waals surface area contributed by atoms with E-state index in [4.69, 9.17) is 0 Å². The number of hydrogen-bond acceptors (Lipinski definition) is 9. The number of aryl methyl sites for hydroxylation is 1. The SMILES string of the molecule is Cc1cc(NC2CC(C)NN2)nc(N2CC(O)(C(=O)NCc3ccc(-n4cccn4)nc3)C2)c1. The van der Waals surface area contributed by atoms with Crippen LogP contribution in [0.5, 0.6) is 0 Å². The van der Waals surface area contributed by atoms with Crippen molar-refractivity contribution in [3.05, 3.63) is 60.0 Å². The van der Waals surface area contributed by atoms with E-state index in [0.717, 1.165) is 29.2 Å². The minimum absolute atomic E-state index is 0.0966. The van der Waals surface area contributed by atoms with Crippen molar-refractivity contribution in [2.45, 2.75) is 44.6 Å². The van der Waals surface area contributed by atoms with Crippen LogP contribution in [0, 0.1) is 6.92 Å². The average Bonchev–Trinajstić information content (AvgIpc) is 3.47. The van der Waals surface area contributed by atoms with Gasteiger partial charge in [0.1, 0.15) is 11.6 Å². The van der Waals surface area contributed by atoms with Crippen LogP contribution >= 0.6 is 0 Å². The molecular weight excluding hydrogens is 434 g/mol. The van der Waals surface area contributed by atoms with E-state index in [0.29, 0.717) is 11.9 Å². The van der Waals surface area contributed by atoms with Crippen LogP contribution in [0.25, 0.3) is 5.82 Å². The van der Waals surface area contributed by atoms with Gasteiger partial charge in [0.2, 0.25) is 0 Å². The van der Waals surface area contributed by atoms with Crippen molar-refractivity contribution < 1.29 is 9.90 Å². The molecule has 2 aliphatic heterocycles. The first-order valence-electron chi connectivity index (χ1n) is 11.3. The number of aliphatic hydroxyl groups is 1. The third-order valence-corrected chi connectivity index (χ3v) is 6.02. The summed E-state index contributed by atoms with van der Waals surface area (Å²) in [6.07, 6.45) is 6.23. The first kappa shape index (κ1) is 22.3. The highest BCUT2D eigenvalue weighted by Crippen LogP contribution is 2.29. The summed E-state index contributed by atoms with van der Waals surface area (Å²) in [7, 11) is 0.